The summed E-state index contributed by atoms with van der Waals surface area (Å²) in [5, 5.41) is 19.8. The summed E-state index contributed by atoms with van der Waals surface area (Å²) in [7, 11) is 0. The van der Waals surface area contributed by atoms with Gasteiger partial charge in [-0.15, -0.1) is 11.3 Å². The summed E-state index contributed by atoms with van der Waals surface area (Å²) >= 11 is 1.39. The van der Waals surface area contributed by atoms with Gasteiger partial charge in [-0.2, -0.15) is 0 Å². The Balaban J connectivity index is 2.19. The van der Waals surface area contributed by atoms with E-state index in [0.29, 0.717) is 5.56 Å². The van der Waals surface area contributed by atoms with E-state index < -0.39 is 24.5 Å². The predicted molar refractivity (Wildman–Crippen MR) is 65.6 cm³/mol. The third kappa shape index (κ3) is 2.47. The summed E-state index contributed by atoms with van der Waals surface area (Å²) in [5.74, 6) is -1.81. The molecule has 1 aromatic carbocycles. The van der Waals surface area contributed by atoms with Crippen molar-refractivity contribution >= 4 is 33.4 Å². The number of amides is 1. The van der Waals surface area contributed by atoms with Crippen LogP contribution in [0.1, 0.15) is 10.4 Å². The van der Waals surface area contributed by atoms with Crippen molar-refractivity contribution in [3.63, 3.8) is 0 Å². The van der Waals surface area contributed by atoms with Gasteiger partial charge >= 0.3 is 5.97 Å². The third-order valence-corrected chi connectivity index (χ3v) is 3.17. The fraction of sp³-hybridized carbons (Fsp3) is 0.182. The van der Waals surface area contributed by atoms with E-state index in [-0.39, 0.29) is 0 Å². The van der Waals surface area contributed by atoms with Crippen LogP contribution >= 0.6 is 11.3 Å². The van der Waals surface area contributed by atoms with Gasteiger partial charge in [-0.1, -0.05) is 0 Å². The SMILES string of the molecule is O=C(NC(CO)C(=O)O)c1ccc2ncsc2c1. The second kappa shape index (κ2) is 5.11. The minimum atomic E-state index is -1.30. The van der Waals surface area contributed by atoms with Crippen molar-refractivity contribution in [3.8, 4) is 0 Å². The molecule has 0 fully saturated rings. The molecule has 1 aromatic heterocycles. The molecule has 6 nitrogen and oxygen atoms in total. The summed E-state index contributed by atoms with van der Waals surface area (Å²) < 4.78 is 0.846. The Hall–Kier alpha value is -1.99. The van der Waals surface area contributed by atoms with Gasteiger partial charge in [0.05, 0.1) is 22.3 Å². The van der Waals surface area contributed by atoms with Gasteiger partial charge in [0.2, 0.25) is 0 Å². The number of benzene rings is 1. The average Bonchev–Trinajstić information content (AvgIpc) is 2.82. The van der Waals surface area contributed by atoms with Crippen LogP contribution in [-0.4, -0.2) is 39.7 Å². The number of aromatic nitrogens is 1. The highest BCUT2D eigenvalue weighted by Gasteiger charge is 2.19. The number of fused-ring (bicyclic) bond motifs is 1. The smallest absolute Gasteiger partial charge is 0.328 e. The van der Waals surface area contributed by atoms with Crippen molar-refractivity contribution in [2.45, 2.75) is 6.04 Å². The lowest BCUT2D eigenvalue weighted by molar-refractivity contribution is -0.140. The highest BCUT2D eigenvalue weighted by Crippen LogP contribution is 2.19. The Bertz CT molecular complexity index is 595. The van der Waals surface area contributed by atoms with Crippen LogP contribution in [0, 0.1) is 0 Å². The number of hydrogen-bond donors (Lipinski definition) is 3. The largest absolute Gasteiger partial charge is 0.480 e. The summed E-state index contributed by atoms with van der Waals surface area (Å²) in [6.45, 7) is -0.649. The lowest BCUT2D eigenvalue weighted by Crippen LogP contribution is -2.43. The minimum absolute atomic E-state index is 0.339. The molecule has 0 radical (unpaired) electrons. The van der Waals surface area contributed by atoms with E-state index in [1.807, 2.05) is 0 Å². The van der Waals surface area contributed by atoms with Crippen LogP contribution in [-0.2, 0) is 4.79 Å². The Labute approximate surface area is 106 Å². The summed E-state index contributed by atoms with van der Waals surface area (Å²) in [6.07, 6.45) is 0. The number of rotatable bonds is 4. The first kappa shape index (κ1) is 12.5. The maximum Gasteiger partial charge on any atom is 0.328 e. The highest BCUT2D eigenvalue weighted by molar-refractivity contribution is 7.16. The number of carboxylic acids is 1. The second-order valence-electron chi connectivity index (χ2n) is 3.58. The van der Waals surface area contributed by atoms with Crippen LogP contribution in [0.25, 0.3) is 10.2 Å². The minimum Gasteiger partial charge on any atom is -0.480 e. The first-order valence-electron chi connectivity index (χ1n) is 5.09. The van der Waals surface area contributed by atoms with Crippen molar-refractivity contribution in [3.05, 3.63) is 29.3 Å². The lowest BCUT2D eigenvalue weighted by Gasteiger charge is -2.11. The first-order valence-corrected chi connectivity index (χ1v) is 5.97. The quantitative estimate of drug-likeness (QED) is 0.747. The topological polar surface area (TPSA) is 99.5 Å². The van der Waals surface area contributed by atoms with Gasteiger partial charge in [0.1, 0.15) is 0 Å². The molecule has 3 N–H and O–H groups in total. The van der Waals surface area contributed by atoms with Gasteiger partial charge in [0.15, 0.2) is 6.04 Å². The zero-order chi connectivity index (χ0) is 13.1. The molecule has 2 rings (SSSR count). The number of hydrogen-bond acceptors (Lipinski definition) is 5. The molecular weight excluding hydrogens is 256 g/mol. The highest BCUT2D eigenvalue weighted by atomic mass is 32.1. The molecule has 2 aromatic rings. The van der Waals surface area contributed by atoms with E-state index >= 15 is 0 Å². The first-order chi connectivity index (χ1) is 8.61. The Morgan fingerprint density at radius 2 is 2.22 bits per heavy atom. The Morgan fingerprint density at radius 1 is 1.44 bits per heavy atom. The number of aliphatic hydroxyl groups excluding tert-OH is 1. The normalized spacial score (nSPS) is 12.3. The van der Waals surface area contributed by atoms with Crippen molar-refractivity contribution < 1.29 is 19.8 Å². The van der Waals surface area contributed by atoms with E-state index in [1.54, 1.807) is 23.7 Å². The molecule has 0 spiro atoms. The van der Waals surface area contributed by atoms with Gasteiger partial charge in [0.25, 0.3) is 5.91 Å². The third-order valence-electron chi connectivity index (χ3n) is 2.38. The number of aliphatic carboxylic acids is 1. The molecule has 1 unspecified atom stereocenters. The number of thiazole rings is 1. The molecular formula is C11H10N2O4S. The second-order valence-corrected chi connectivity index (χ2v) is 4.47. The van der Waals surface area contributed by atoms with E-state index in [0.717, 1.165) is 10.2 Å². The molecule has 18 heavy (non-hydrogen) atoms. The van der Waals surface area contributed by atoms with Crippen LogP contribution in [0.4, 0.5) is 0 Å². The molecule has 1 heterocycles. The zero-order valence-corrected chi connectivity index (χ0v) is 9.98. The van der Waals surface area contributed by atoms with E-state index in [4.69, 9.17) is 10.2 Å². The zero-order valence-electron chi connectivity index (χ0n) is 9.16. The van der Waals surface area contributed by atoms with Crippen molar-refractivity contribution in [1.29, 1.82) is 0 Å². The number of carbonyl (C=O) groups is 2. The fourth-order valence-electron chi connectivity index (χ4n) is 1.42. The van der Waals surface area contributed by atoms with Crippen LogP contribution in [0.3, 0.4) is 0 Å². The molecule has 0 aliphatic rings. The van der Waals surface area contributed by atoms with E-state index in [1.165, 1.54) is 11.3 Å². The molecule has 0 aliphatic carbocycles. The molecule has 0 saturated carbocycles. The fourth-order valence-corrected chi connectivity index (χ4v) is 2.14. The van der Waals surface area contributed by atoms with Crippen LogP contribution in [0.15, 0.2) is 23.7 Å². The summed E-state index contributed by atoms with van der Waals surface area (Å²) in [4.78, 5) is 26.5. The molecule has 0 bridgehead atoms. The monoisotopic (exact) mass is 266 g/mol. The van der Waals surface area contributed by atoms with E-state index in [9.17, 15) is 9.59 Å². The van der Waals surface area contributed by atoms with Crippen molar-refractivity contribution in [2.24, 2.45) is 0 Å². The van der Waals surface area contributed by atoms with Crippen molar-refractivity contribution in [1.82, 2.24) is 10.3 Å². The summed E-state index contributed by atoms with van der Waals surface area (Å²) in [5.41, 5.74) is 2.79. The molecule has 1 atom stereocenters. The van der Waals surface area contributed by atoms with Gasteiger partial charge in [0, 0.05) is 5.56 Å². The average molecular weight is 266 g/mol. The van der Waals surface area contributed by atoms with Gasteiger partial charge in [-0.05, 0) is 18.2 Å². The van der Waals surface area contributed by atoms with Crippen LogP contribution < -0.4 is 5.32 Å². The van der Waals surface area contributed by atoms with Crippen molar-refractivity contribution in [2.75, 3.05) is 6.61 Å². The Morgan fingerprint density at radius 3 is 2.89 bits per heavy atom. The maximum absolute atomic E-state index is 11.8. The molecule has 94 valence electrons. The predicted octanol–water partition coefficient (Wildman–Crippen LogP) is 0.472. The number of carbonyl (C=O) groups excluding carboxylic acids is 1. The molecule has 1 amide bonds. The van der Waals surface area contributed by atoms with E-state index in [2.05, 4.69) is 10.3 Å². The van der Waals surface area contributed by atoms with Gasteiger partial charge in [-0.3, -0.25) is 4.79 Å². The maximum atomic E-state index is 11.8. The summed E-state index contributed by atoms with van der Waals surface area (Å²) in [6, 6.07) is 3.59. The molecule has 7 heteroatoms. The number of nitrogens with zero attached hydrogens (tertiary/aromatic N) is 1. The molecule has 0 saturated heterocycles. The van der Waals surface area contributed by atoms with Crippen LogP contribution in [0.2, 0.25) is 0 Å². The number of nitrogens with one attached hydrogen (secondary N) is 1. The Kier molecular flexibility index (Phi) is 3.54. The van der Waals surface area contributed by atoms with Gasteiger partial charge < -0.3 is 15.5 Å². The van der Waals surface area contributed by atoms with Crippen LogP contribution in [0.5, 0.6) is 0 Å². The molecule has 0 aliphatic heterocycles. The number of carboxylic acid groups (broad SMARTS) is 1. The number of aliphatic hydroxyl groups is 1. The lowest BCUT2D eigenvalue weighted by atomic mass is 10.2. The standard InChI is InChI=1S/C11H10N2O4S/c14-4-8(11(16)17)13-10(15)6-1-2-7-9(3-6)18-5-12-7/h1-3,5,8,14H,4H2,(H,13,15)(H,16,17). The van der Waals surface area contributed by atoms with Gasteiger partial charge in [-0.25, -0.2) is 9.78 Å².